The van der Waals surface area contributed by atoms with E-state index in [9.17, 15) is 9.59 Å². The minimum absolute atomic E-state index is 0. The average molecular weight is 447 g/mol. The van der Waals surface area contributed by atoms with E-state index < -0.39 is 0 Å². The van der Waals surface area contributed by atoms with Gasteiger partial charge in [0, 0.05) is 45.3 Å². The van der Waals surface area contributed by atoms with Gasteiger partial charge in [-0.3, -0.25) is 14.5 Å². The molecule has 1 aliphatic heterocycles. The Morgan fingerprint density at radius 2 is 1.66 bits per heavy atom. The SMILES string of the molecule is CCN(CC)C(=O)CN1CCCN(C(=O)C(C)C(N)c2ccccc2)CC1.Cl.Cl. The Bertz CT molecular complexity index is 614. The van der Waals surface area contributed by atoms with Gasteiger partial charge in [-0.2, -0.15) is 0 Å². The first-order chi connectivity index (χ1) is 13.0. The first kappa shape index (κ1) is 27.7. The fourth-order valence-electron chi connectivity index (χ4n) is 3.62. The normalized spacial score (nSPS) is 16.6. The van der Waals surface area contributed by atoms with Crippen LogP contribution in [0.5, 0.6) is 0 Å². The van der Waals surface area contributed by atoms with Crippen LogP contribution in [0.1, 0.15) is 38.8 Å². The third-order valence-corrected chi connectivity index (χ3v) is 5.49. The Morgan fingerprint density at radius 1 is 1.03 bits per heavy atom. The Morgan fingerprint density at radius 3 is 2.24 bits per heavy atom. The highest BCUT2D eigenvalue weighted by Crippen LogP contribution is 2.21. The summed E-state index contributed by atoms with van der Waals surface area (Å²) in [7, 11) is 0. The van der Waals surface area contributed by atoms with Crippen LogP contribution in [0.15, 0.2) is 30.3 Å². The molecule has 0 saturated carbocycles. The molecule has 0 aliphatic carbocycles. The number of hydrogen-bond acceptors (Lipinski definition) is 4. The number of likely N-dealkylation sites (N-methyl/N-ethyl adjacent to an activating group) is 1. The molecule has 0 aromatic heterocycles. The molecular formula is C21H36Cl2N4O2. The second-order valence-corrected chi connectivity index (χ2v) is 7.25. The fraction of sp³-hybridized carbons (Fsp3) is 0.619. The van der Waals surface area contributed by atoms with Crippen molar-refractivity contribution in [2.24, 2.45) is 11.7 Å². The summed E-state index contributed by atoms with van der Waals surface area (Å²) < 4.78 is 0. The Labute approximate surface area is 187 Å². The number of amides is 2. The molecule has 1 fully saturated rings. The molecule has 2 N–H and O–H groups in total. The summed E-state index contributed by atoms with van der Waals surface area (Å²) in [5, 5.41) is 0. The van der Waals surface area contributed by atoms with Gasteiger partial charge in [-0.05, 0) is 25.8 Å². The summed E-state index contributed by atoms with van der Waals surface area (Å²) in [6.07, 6.45) is 0.880. The summed E-state index contributed by atoms with van der Waals surface area (Å²) in [6.45, 7) is 10.8. The molecule has 2 amide bonds. The van der Waals surface area contributed by atoms with Crippen molar-refractivity contribution in [2.45, 2.75) is 33.2 Å². The number of carbonyl (C=O) groups is 2. The van der Waals surface area contributed by atoms with Crippen molar-refractivity contribution in [1.82, 2.24) is 14.7 Å². The summed E-state index contributed by atoms with van der Waals surface area (Å²) in [6, 6.07) is 9.48. The Balaban J connectivity index is 0.00000392. The van der Waals surface area contributed by atoms with Crippen LogP contribution in [0.3, 0.4) is 0 Å². The smallest absolute Gasteiger partial charge is 0.236 e. The van der Waals surface area contributed by atoms with E-state index in [0.717, 1.165) is 44.7 Å². The molecule has 166 valence electrons. The molecule has 0 bridgehead atoms. The van der Waals surface area contributed by atoms with E-state index >= 15 is 0 Å². The van der Waals surface area contributed by atoms with Gasteiger partial charge in [-0.1, -0.05) is 37.3 Å². The number of halogens is 2. The topological polar surface area (TPSA) is 69.9 Å². The minimum Gasteiger partial charge on any atom is -0.342 e. The van der Waals surface area contributed by atoms with Crippen molar-refractivity contribution in [1.29, 1.82) is 0 Å². The Kier molecular flexibility index (Phi) is 13.2. The molecule has 29 heavy (non-hydrogen) atoms. The van der Waals surface area contributed by atoms with Gasteiger partial charge in [-0.25, -0.2) is 0 Å². The third-order valence-electron chi connectivity index (χ3n) is 5.49. The second-order valence-electron chi connectivity index (χ2n) is 7.25. The molecule has 0 spiro atoms. The number of nitrogens with zero attached hydrogens (tertiary/aromatic N) is 3. The third kappa shape index (κ3) is 7.78. The quantitative estimate of drug-likeness (QED) is 0.698. The highest BCUT2D eigenvalue weighted by Gasteiger charge is 2.28. The lowest BCUT2D eigenvalue weighted by Crippen LogP contribution is -2.43. The molecule has 2 rings (SSSR count). The maximum atomic E-state index is 12.9. The molecule has 6 nitrogen and oxygen atoms in total. The van der Waals surface area contributed by atoms with E-state index in [1.807, 2.05) is 60.9 Å². The lowest BCUT2D eigenvalue weighted by Gasteiger charge is -2.28. The molecule has 0 radical (unpaired) electrons. The van der Waals surface area contributed by atoms with Crippen LogP contribution in [0.25, 0.3) is 0 Å². The predicted molar refractivity (Wildman–Crippen MR) is 123 cm³/mol. The fourth-order valence-corrected chi connectivity index (χ4v) is 3.62. The van der Waals surface area contributed by atoms with E-state index in [2.05, 4.69) is 4.90 Å². The van der Waals surface area contributed by atoms with Gasteiger partial charge in [0.15, 0.2) is 0 Å². The first-order valence-corrected chi connectivity index (χ1v) is 10.1. The lowest BCUT2D eigenvalue weighted by molar-refractivity contribution is -0.135. The zero-order chi connectivity index (χ0) is 19.8. The monoisotopic (exact) mass is 446 g/mol. The van der Waals surface area contributed by atoms with Crippen molar-refractivity contribution < 1.29 is 9.59 Å². The van der Waals surface area contributed by atoms with Crippen LogP contribution >= 0.6 is 24.8 Å². The zero-order valence-electron chi connectivity index (χ0n) is 17.8. The zero-order valence-corrected chi connectivity index (χ0v) is 19.4. The summed E-state index contributed by atoms with van der Waals surface area (Å²) >= 11 is 0. The number of hydrogen-bond donors (Lipinski definition) is 1. The number of nitrogens with two attached hydrogens (primary N) is 1. The van der Waals surface area contributed by atoms with Crippen LogP contribution in [0.4, 0.5) is 0 Å². The van der Waals surface area contributed by atoms with Crippen LogP contribution in [0, 0.1) is 5.92 Å². The maximum Gasteiger partial charge on any atom is 0.236 e. The number of benzene rings is 1. The molecule has 1 aromatic rings. The summed E-state index contributed by atoms with van der Waals surface area (Å²) in [4.78, 5) is 31.2. The van der Waals surface area contributed by atoms with Crippen LogP contribution in [-0.2, 0) is 9.59 Å². The maximum absolute atomic E-state index is 12.9. The van der Waals surface area contributed by atoms with Crippen LogP contribution in [0.2, 0.25) is 0 Å². The molecule has 2 atom stereocenters. The van der Waals surface area contributed by atoms with Crippen LogP contribution < -0.4 is 5.73 Å². The molecule has 2 unspecified atom stereocenters. The van der Waals surface area contributed by atoms with Gasteiger partial charge in [-0.15, -0.1) is 24.8 Å². The van der Waals surface area contributed by atoms with Crippen molar-refractivity contribution in [3.8, 4) is 0 Å². The summed E-state index contributed by atoms with van der Waals surface area (Å²) in [5.41, 5.74) is 7.32. The van der Waals surface area contributed by atoms with E-state index in [1.165, 1.54) is 0 Å². The molecular weight excluding hydrogens is 411 g/mol. The average Bonchev–Trinajstić information content (AvgIpc) is 2.93. The number of rotatable bonds is 7. The van der Waals surface area contributed by atoms with Gasteiger partial charge in [0.2, 0.25) is 11.8 Å². The molecule has 1 saturated heterocycles. The van der Waals surface area contributed by atoms with E-state index in [-0.39, 0.29) is 48.6 Å². The standard InChI is InChI=1S/C21H34N4O2.2ClH/c1-4-24(5-2)19(26)16-23-12-9-13-25(15-14-23)21(27)17(3)20(22)18-10-7-6-8-11-18;;/h6-8,10-11,17,20H,4-5,9,12-16,22H2,1-3H3;2*1H. The highest BCUT2D eigenvalue weighted by atomic mass is 35.5. The second kappa shape index (κ2) is 13.8. The molecule has 1 aromatic carbocycles. The minimum atomic E-state index is -0.303. The molecule has 8 heteroatoms. The van der Waals surface area contributed by atoms with Gasteiger partial charge < -0.3 is 15.5 Å². The first-order valence-electron chi connectivity index (χ1n) is 10.1. The van der Waals surface area contributed by atoms with Crippen molar-refractivity contribution in [2.75, 3.05) is 45.8 Å². The van der Waals surface area contributed by atoms with Crippen molar-refractivity contribution >= 4 is 36.6 Å². The summed E-state index contributed by atoms with van der Waals surface area (Å²) in [5.74, 6) is -0.00114. The lowest BCUT2D eigenvalue weighted by atomic mass is 9.94. The van der Waals surface area contributed by atoms with Crippen molar-refractivity contribution in [3.05, 3.63) is 35.9 Å². The molecule has 1 aliphatic rings. The van der Waals surface area contributed by atoms with E-state index in [0.29, 0.717) is 13.1 Å². The highest BCUT2D eigenvalue weighted by molar-refractivity contribution is 5.85. The van der Waals surface area contributed by atoms with Gasteiger partial charge in [0.05, 0.1) is 12.5 Å². The largest absolute Gasteiger partial charge is 0.342 e. The van der Waals surface area contributed by atoms with Gasteiger partial charge >= 0.3 is 0 Å². The Hall–Kier alpha value is -1.34. The van der Waals surface area contributed by atoms with Gasteiger partial charge in [0.25, 0.3) is 0 Å². The molecule has 1 heterocycles. The van der Waals surface area contributed by atoms with E-state index in [1.54, 1.807) is 0 Å². The predicted octanol–water partition coefficient (Wildman–Crippen LogP) is 2.57. The van der Waals surface area contributed by atoms with E-state index in [4.69, 9.17) is 5.73 Å². The number of carbonyl (C=O) groups excluding carboxylic acids is 2. The van der Waals surface area contributed by atoms with Gasteiger partial charge in [0.1, 0.15) is 0 Å². The van der Waals surface area contributed by atoms with Crippen LogP contribution in [-0.4, -0.2) is 72.3 Å². The van der Waals surface area contributed by atoms with Crippen molar-refractivity contribution in [3.63, 3.8) is 0 Å².